The van der Waals surface area contributed by atoms with Gasteiger partial charge in [-0.05, 0) is 55.8 Å². The maximum Gasteiger partial charge on any atom is 0.213 e. The molecule has 0 fully saturated rings. The van der Waals surface area contributed by atoms with Crippen LogP contribution in [0.1, 0.15) is 32.4 Å². The zero-order valence-electron chi connectivity index (χ0n) is 28.7. The number of methoxy groups -OCH3 is 1. The van der Waals surface area contributed by atoms with E-state index < -0.39 is 0 Å². The Hall–Kier alpha value is -3.24. The van der Waals surface area contributed by atoms with Crippen molar-refractivity contribution in [1.29, 1.82) is 0 Å². The predicted molar refractivity (Wildman–Crippen MR) is 200 cm³/mol. The monoisotopic (exact) mass is 673 g/mol. The van der Waals surface area contributed by atoms with Crippen LogP contribution in [0.5, 0.6) is 0 Å². The Bertz CT molecular complexity index is 1620. The third kappa shape index (κ3) is 9.47. The van der Waals surface area contributed by atoms with Gasteiger partial charge in [0.25, 0.3) is 0 Å². The summed E-state index contributed by atoms with van der Waals surface area (Å²) in [4.78, 5) is 3.58. The standard InChI is InChI=1S/C39H51N3O4S.CH4/c1-6-42(4,7-2)30-31-16-18-32(19-17-31)37-28-33(29-39-40(3)36-14-10-11-15-38(36)47-39)34-12-8-9-13-35(34)41(37)20-21-44-24-25-46-27-26-45-23-22-43-5;/h8-19,28-29H,6-7,20-27,30H2,1-5H3;1H4/q+2;. The summed E-state index contributed by atoms with van der Waals surface area (Å²) in [6.07, 6.45) is 2.34. The van der Waals surface area contributed by atoms with E-state index >= 15 is 0 Å². The van der Waals surface area contributed by atoms with Gasteiger partial charge in [-0.15, -0.1) is 0 Å². The molecule has 0 amide bonds. The Morgan fingerprint density at radius 1 is 0.792 bits per heavy atom. The van der Waals surface area contributed by atoms with E-state index in [0.29, 0.717) is 46.2 Å². The minimum atomic E-state index is 0. The van der Waals surface area contributed by atoms with Crippen molar-refractivity contribution in [2.45, 2.75) is 39.3 Å². The zero-order chi connectivity index (χ0) is 33.1. The number of fused-ring (bicyclic) bond motifs is 2. The summed E-state index contributed by atoms with van der Waals surface area (Å²) in [7, 11) is 6.17. The molecular weight excluding hydrogens is 619 g/mol. The Morgan fingerprint density at radius 2 is 1.42 bits per heavy atom. The lowest BCUT2D eigenvalue weighted by Crippen LogP contribution is -2.42. The summed E-state index contributed by atoms with van der Waals surface area (Å²) in [5.41, 5.74) is 7.40. The smallest absolute Gasteiger partial charge is 0.213 e. The zero-order valence-corrected chi connectivity index (χ0v) is 29.6. The summed E-state index contributed by atoms with van der Waals surface area (Å²) in [6, 6.07) is 28.9. The molecule has 0 spiro atoms. The molecule has 0 radical (unpaired) electrons. The van der Waals surface area contributed by atoms with Gasteiger partial charge in [-0.1, -0.05) is 55.6 Å². The van der Waals surface area contributed by atoms with Crippen molar-refractivity contribution in [3.05, 3.63) is 95.0 Å². The van der Waals surface area contributed by atoms with Crippen LogP contribution in [0.3, 0.4) is 0 Å². The molecule has 0 N–H and O–H groups in total. The fraction of sp³-hybridized carbons (Fsp3) is 0.425. The van der Waals surface area contributed by atoms with Gasteiger partial charge in [0, 0.05) is 42.3 Å². The number of aromatic nitrogens is 1. The Labute approximate surface area is 292 Å². The molecule has 1 aliphatic rings. The van der Waals surface area contributed by atoms with Crippen molar-refractivity contribution in [1.82, 2.24) is 0 Å². The van der Waals surface area contributed by atoms with Crippen LogP contribution in [-0.4, -0.2) is 85.0 Å². The predicted octanol–water partition coefficient (Wildman–Crippen LogP) is 7.65. The van der Waals surface area contributed by atoms with Gasteiger partial charge in [0.1, 0.15) is 13.2 Å². The summed E-state index contributed by atoms with van der Waals surface area (Å²) in [5, 5.41) is 2.44. The van der Waals surface area contributed by atoms with Gasteiger partial charge in [0.05, 0.1) is 75.9 Å². The van der Waals surface area contributed by atoms with E-state index in [-0.39, 0.29) is 7.43 Å². The first-order chi connectivity index (χ1) is 23.0. The highest BCUT2D eigenvalue weighted by Gasteiger charge is 2.25. The van der Waals surface area contributed by atoms with Crippen LogP contribution in [0.2, 0.25) is 0 Å². The highest BCUT2D eigenvalue weighted by Crippen LogP contribution is 2.45. The van der Waals surface area contributed by atoms with E-state index in [9.17, 15) is 0 Å². The van der Waals surface area contributed by atoms with Gasteiger partial charge in [0.2, 0.25) is 11.2 Å². The normalized spacial score (nSPS) is 13.7. The molecule has 0 saturated carbocycles. The van der Waals surface area contributed by atoms with Gasteiger partial charge in [-0.3, -0.25) is 0 Å². The lowest BCUT2D eigenvalue weighted by molar-refractivity contribution is -0.919. The van der Waals surface area contributed by atoms with Crippen LogP contribution in [0, 0.1) is 0 Å². The number of ether oxygens (including phenoxy) is 4. The minimum absolute atomic E-state index is 0. The molecule has 258 valence electrons. The number of anilines is 1. The average molecular weight is 674 g/mol. The van der Waals surface area contributed by atoms with Crippen molar-refractivity contribution in [2.24, 2.45) is 0 Å². The van der Waals surface area contributed by atoms with E-state index in [1.165, 1.54) is 48.9 Å². The molecule has 8 heteroatoms. The fourth-order valence-electron chi connectivity index (χ4n) is 5.87. The number of rotatable bonds is 18. The Kier molecular flexibility index (Phi) is 14.5. The van der Waals surface area contributed by atoms with Crippen LogP contribution in [0.4, 0.5) is 5.69 Å². The lowest BCUT2D eigenvalue weighted by atomic mass is 10.0. The lowest BCUT2D eigenvalue weighted by Gasteiger charge is -2.32. The number of hydrogen-bond acceptors (Lipinski definition) is 6. The number of benzene rings is 3. The van der Waals surface area contributed by atoms with Gasteiger partial charge in [0.15, 0.2) is 6.54 Å². The molecule has 0 unspecified atom stereocenters. The van der Waals surface area contributed by atoms with E-state index in [4.69, 9.17) is 18.9 Å². The van der Waals surface area contributed by atoms with Crippen molar-refractivity contribution in [3.63, 3.8) is 0 Å². The molecule has 48 heavy (non-hydrogen) atoms. The second-order valence-electron chi connectivity index (χ2n) is 12.2. The van der Waals surface area contributed by atoms with Gasteiger partial charge in [-0.2, -0.15) is 4.57 Å². The molecule has 0 aliphatic carbocycles. The highest BCUT2D eigenvalue weighted by molar-refractivity contribution is 8.03. The maximum atomic E-state index is 6.08. The third-order valence-electron chi connectivity index (χ3n) is 9.12. The minimum Gasteiger partial charge on any atom is -0.382 e. The maximum absolute atomic E-state index is 6.08. The largest absolute Gasteiger partial charge is 0.382 e. The van der Waals surface area contributed by atoms with Crippen LogP contribution in [0.25, 0.3) is 28.2 Å². The molecule has 0 bridgehead atoms. The van der Waals surface area contributed by atoms with Crippen LogP contribution < -0.4 is 9.47 Å². The SMILES string of the molecule is C.CC[N+](C)(CC)Cc1ccc(-c2cc(C=C3Sc4ccccc4N3C)c3ccccc3[n+]2CCOCCOCCOCCOC)cc1. The van der Waals surface area contributed by atoms with Crippen molar-refractivity contribution < 1.29 is 28.0 Å². The average Bonchev–Trinajstić information content (AvgIpc) is 3.42. The van der Waals surface area contributed by atoms with Crippen LogP contribution >= 0.6 is 11.8 Å². The highest BCUT2D eigenvalue weighted by atomic mass is 32.2. The molecule has 7 nitrogen and oxygen atoms in total. The number of pyridine rings is 1. The van der Waals surface area contributed by atoms with Crippen LogP contribution in [0.15, 0.2) is 88.8 Å². The summed E-state index contributed by atoms with van der Waals surface area (Å²) >= 11 is 1.83. The van der Waals surface area contributed by atoms with E-state index in [0.717, 1.165) is 30.7 Å². The molecule has 0 saturated heterocycles. The molecule has 0 atom stereocenters. The Morgan fingerprint density at radius 3 is 2.08 bits per heavy atom. The second-order valence-corrected chi connectivity index (χ2v) is 13.3. The first kappa shape index (κ1) is 37.6. The number of quaternary nitrogens is 1. The van der Waals surface area contributed by atoms with Crippen molar-refractivity contribution >= 4 is 34.4 Å². The van der Waals surface area contributed by atoms with E-state index in [1.807, 2.05) is 11.8 Å². The number of hydrogen-bond donors (Lipinski definition) is 0. The second kappa shape index (κ2) is 18.5. The topological polar surface area (TPSA) is 44.0 Å². The van der Waals surface area contributed by atoms with Gasteiger partial charge in [-0.25, -0.2) is 0 Å². The van der Waals surface area contributed by atoms with Gasteiger partial charge < -0.3 is 28.3 Å². The molecule has 3 aromatic carbocycles. The summed E-state index contributed by atoms with van der Waals surface area (Å²) in [6.45, 7) is 12.5. The van der Waals surface area contributed by atoms with E-state index in [2.05, 4.69) is 122 Å². The number of para-hydroxylation sites is 2. The molecule has 1 aromatic heterocycles. The summed E-state index contributed by atoms with van der Waals surface area (Å²) in [5.74, 6) is 0. The number of thioether (sulfide) groups is 1. The molecular formula is C40H55N3O4S+2. The molecule has 4 aromatic rings. The van der Waals surface area contributed by atoms with Crippen molar-refractivity contribution in [3.8, 4) is 11.3 Å². The molecule has 1 aliphatic heterocycles. The number of nitrogens with zero attached hydrogens (tertiary/aromatic N) is 3. The quantitative estimate of drug-likeness (QED) is 0.0615. The third-order valence-corrected chi connectivity index (χ3v) is 10.3. The van der Waals surface area contributed by atoms with E-state index in [1.54, 1.807) is 7.11 Å². The van der Waals surface area contributed by atoms with Gasteiger partial charge >= 0.3 is 0 Å². The summed E-state index contributed by atoms with van der Waals surface area (Å²) < 4.78 is 25.7. The molecule has 5 rings (SSSR count). The molecule has 2 heterocycles. The van der Waals surface area contributed by atoms with Crippen molar-refractivity contribution in [2.75, 3.05) is 85.4 Å². The first-order valence-corrected chi connectivity index (χ1v) is 17.6. The first-order valence-electron chi connectivity index (χ1n) is 16.8. The fourth-order valence-corrected chi connectivity index (χ4v) is 6.98. The van der Waals surface area contributed by atoms with Crippen LogP contribution in [-0.2, 0) is 32.0 Å². The Balaban J connectivity index is 0.00000520.